The highest BCUT2D eigenvalue weighted by Gasteiger charge is 2.15. The van der Waals surface area contributed by atoms with E-state index in [4.69, 9.17) is 10.5 Å². The van der Waals surface area contributed by atoms with Gasteiger partial charge in [-0.1, -0.05) is 12.1 Å². The maximum absolute atomic E-state index is 11.0. The van der Waals surface area contributed by atoms with Crippen molar-refractivity contribution in [1.29, 1.82) is 0 Å². The molecule has 0 fully saturated rings. The fourth-order valence-corrected chi connectivity index (χ4v) is 1.05. The Balaban J connectivity index is 2.81. The summed E-state index contributed by atoms with van der Waals surface area (Å²) in [6, 6.07) is 6.68. The highest BCUT2D eigenvalue weighted by atomic mass is 16.5. The lowest BCUT2D eigenvalue weighted by molar-refractivity contribution is 0.0281. The number of nitrogens with two attached hydrogens (primary N) is 1. The zero-order valence-electron chi connectivity index (χ0n) is 8.86. The first-order valence-corrected chi connectivity index (χ1v) is 4.64. The van der Waals surface area contributed by atoms with Crippen molar-refractivity contribution in [2.45, 2.75) is 19.4 Å². The van der Waals surface area contributed by atoms with Crippen LogP contribution in [0.5, 0.6) is 5.75 Å². The van der Waals surface area contributed by atoms with Crippen LogP contribution in [-0.4, -0.2) is 23.2 Å². The number of aliphatic hydroxyl groups is 1. The van der Waals surface area contributed by atoms with Gasteiger partial charge in [-0.3, -0.25) is 4.79 Å². The second kappa shape index (κ2) is 4.31. The number of benzene rings is 1. The molecule has 0 spiro atoms. The molecule has 0 aliphatic rings. The van der Waals surface area contributed by atoms with E-state index >= 15 is 0 Å². The van der Waals surface area contributed by atoms with Crippen LogP contribution in [0, 0.1) is 0 Å². The zero-order valence-corrected chi connectivity index (χ0v) is 8.86. The van der Waals surface area contributed by atoms with E-state index in [1.54, 1.807) is 38.1 Å². The smallest absolute Gasteiger partial charge is 0.252 e. The Labute approximate surface area is 88.7 Å². The Morgan fingerprint density at radius 3 is 2.60 bits per heavy atom. The number of para-hydroxylation sites is 1. The van der Waals surface area contributed by atoms with E-state index in [0.29, 0.717) is 11.3 Å². The van der Waals surface area contributed by atoms with Gasteiger partial charge in [-0.05, 0) is 26.0 Å². The molecule has 4 nitrogen and oxygen atoms in total. The minimum absolute atomic E-state index is 0.108. The standard InChI is InChI=1S/C11H15NO3/c1-11(2,14)7-15-9-6-4-3-5-8(9)10(12)13/h3-6,14H,7H2,1-2H3,(H2,12,13). The fourth-order valence-electron chi connectivity index (χ4n) is 1.05. The summed E-state index contributed by atoms with van der Waals surface area (Å²) in [6.07, 6.45) is 0. The molecule has 15 heavy (non-hydrogen) atoms. The Kier molecular flexibility index (Phi) is 3.31. The molecule has 1 aromatic carbocycles. The lowest BCUT2D eigenvalue weighted by atomic mass is 10.1. The minimum Gasteiger partial charge on any atom is -0.490 e. The summed E-state index contributed by atoms with van der Waals surface area (Å²) in [5, 5.41) is 9.47. The van der Waals surface area contributed by atoms with E-state index in [1.807, 2.05) is 0 Å². The lowest BCUT2D eigenvalue weighted by Gasteiger charge is -2.18. The van der Waals surface area contributed by atoms with Crippen LogP contribution in [0.25, 0.3) is 0 Å². The summed E-state index contributed by atoms with van der Waals surface area (Å²) in [5.41, 5.74) is 4.55. The molecule has 0 radical (unpaired) electrons. The molecule has 0 aliphatic heterocycles. The molecule has 4 heteroatoms. The fraction of sp³-hybridized carbons (Fsp3) is 0.364. The average molecular weight is 209 g/mol. The summed E-state index contributed by atoms with van der Waals surface area (Å²) in [4.78, 5) is 11.0. The Morgan fingerprint density at radius 2 is 2.07 bits per heavy atom. The molecular weight excluding hydrogens is 194 g/mol. The van der Waals surface area contributed by atoms with Gasteiger partial charge < -0.3 is 15.6 Å². The van der Waals surface area contributed by atoms with Crippen molar-refractivity contribution < 1.29 is 14.6 Å². The van der Waals surface area contributed by atoms with Gasteiger partial charge in [0.2, 0.25) is 0 Å². The Hall–Kier alpha value is -1.55. The average Bonchev–Trinajstić information content (AvgIpc) is 2.14. The lowest BCUT2D eigenvalue weighted by Crippen LogP contribution is -2.28. The summed E-state index contributed by atoms with van der Waals surface area (Å²) >= 11 is 0. The number of primary amides is 1. The number of amides is 1. The monoisotopic (exact) mass is 209 g/mol. The van der Waals surface area contributed by atoms with E-state index in [9.17, 15) is 9.90 Å². The van der Waals surface area contributed by atoms with Gasteiger partial charge in [0, 0.05) is 0 Å². The topological polar surface area (TPSA) is 72.6 Å². The van der Waals surface area contributed by atoms with Gasteiger partial charge in [0.05, 0.1) is 11.2 Å². The predicted molar refractivity (Wildman–Crippen MR) is 56.8 cm³/mol. The summed E-state index contributed by atoms with van der Waals surface area (Å²) in [6.45, 7) is 3.36. The van der Waals surface area contributed by atoms with Gasteiger partial charge in [0.15, 0.2) is 0 Å². The van der Waals surface area contributed by atoms with Crippen molar-refractivity contribution in [2.75, 3.05) is 6.61 Å². The number of carbonyl (C=O) groups is 1. The van der Waals surface area contributed by atoms with E-state index < -0.39 is 11.5 Å². The molecule has 3 N–H and O–H groups in total. The maximum atomic E-state index is 11.0. The Bertz CT molecular complexity index is 355. The first-order valence-electron chi connectivity index (χ1n) is 4.64. The molecule has 1 aromatic rings. The first-order chi connectivity index (χ1) is 6.90. The summed E-state index contributed by atoms with van der Waals surface area (Å²) in [7, 11) is 0. The quantitative estimate of drug-likeness (QED) is 0.775. The van der Waals surface area contributed by atoms with Crippen molar-refractivity contribution in [2.24, 2.45) is 5.73 Å². The van der Waals surface area contributed by atoms with Crippen molar-refractivity contribution in [3.8, 4) is 5.75 Å². The molecule has 0 saturated carbocycles. The number of rotatable bonds is 4. The van der Waals surface area contributed by atoms with Crippen LogP contribution in [0.1, 0.15) is 24.2 Å². The molecule has 0 unspecified atom stereocenters. The third-order valence-corrected chi connectivity index (χ3v) is 1.73. The van der Waals surface area contributed by atoms with Gasteiger partial charge in [0.25, 0.3) is 5.91 Å². The molecule has 0 aromatic heterocycles. The summed E-state index contributed by atoms with van der Waals surface area (Å²) < 4.78 is 5.31. The van der Waals surface area contributed by atoms with Crippen molar-refractivity contribution in [1.82, 2.24) is 0 Å². The largest absolute Gasteiger partial charge is 0.490 e. The second-order valence-electron chi connectivity index (χ2n) is 3.96. The molecule has 82 valence electrons. The molecule has 0 saturated heterocycles. The third kappa shape index (κ3) is 3.59. The number of hydrogen-bond acceptors (Lipinski definition) is 3. The van der Waals surface area contributed by atoms with Gasteiger partial charge in [-0.15, -0.1) is 0 Å². The number of hydrogen-bond donors (Lipinski definition) is 2. The highest BCUT2D eigenvalue weighted by Crippen LogP contribution is 2.18. The van der Waals surface area contributed by atoms with Crippen LogP contribution in [-0.2, 0) is 0 Å². The van der Waals surface area contributed by atoms with Crippen molar-refractivity contribution in [3.05, 3.63) is 29.8 Å². The SMILES string of the molecule is CC(C)(O)COc1ccccc1C(N)=O. The van der Waals surface area contributed by atoms with Crippen molar-refractivity contribution in [3.63, 3.8) is 0 Å². The Morgan fingerprint density at radius 1 is 1.47 bits per heavy atom. The molecule has 0 aliphatic carbocycles. The number of ether oxygens (including phenoxy) is 1. The van der Waals surface area contributed by atoms with Crippen molar-refractivity contribution >= 4 is 5.91 Å². The zero-order chi connectivity index (χ0) is 11.5. The normalized spacial score (nSPS) is 11.1. The molecular formula is C11H15NO3. The van der Waals surface area contributed by atoms with Crippen LogP contribution in [0.15, 0.2) is 24.3 Å². The van der Waals surface area contributed by atoms with Crippen LogP contribution in [0.2, 0.25) is 0 Å². The second-order valence-corrected chi connectivity index (χ2v) is 3.96. The molecule has 1 rings (SSSR count). The van der Waals surface area contributed by atoms with E-state index in [-0.39, 0.29) is 6.61 Å². The van der Waals surface area contributed by atoms with E-state index in [2.05, 4.69) is 0 Å². The van der Waals surface area contributed by atoms with Crippen LogP contribution in [0.3, 0.4) is 0 Å². The predicted octanol–water partition coefficient (Wildman–Crippen LogP) is 0.935. The van der Waals surface area contributed by atoms with E-state index in [1.165, 1.54) is 0 Å². The van der Waals surface area contributed by atoms with Gasteiger partial charge >= 0.3 is 0 Å². The van der Waals surface area contributed by atoms with E-state index in [0.717, 1.165) is 0 Å². The number of carbonyl (C=O) groups excluding carboxylic acids is 1. The van der Waals surface area contributed by atoms with Crippen LogP contribution in [0.4, 0.5) is 0 Å². The highest BCUT2D eigenvalue weighted by molar-refractivity contribution is 5.95. The minimum atomic E-state index is -0.940. The van der Waals surface area contributed by atoms with Gasteiger partial charge in [0.1, 0.15) is 12.4 Å². The third-order valence-electron chi connectivity index (χ3n) is 1.73. The van der Waals surface area contributed by atoms with Gasteiger partial charge in [-0.2, -0.15) is 0 Å². The molecule has 0 bridgehead atoms. The molecule has 1 amide bonds. The van der Waals surface area contributed by atoms with Gasteiger partial charge in [-0.25, -0.2) is 0 Å². The maximum Gasteiger partial charge on any atom is 0.252 e. The summed E-state index contributed by atoms with van der Waals surface area (Å²) in [5.74, 6) is -0.145. The molecule has 0 atom stereocenters. The van der Waals surface area contributed by atoms with Crippen LogP contribution < -0.4 is 10.5 Å². The van der Waals surface area contributed by atoms with Crippen LogP contribution >= 0.6 is 0 Å². The molecule has 0 heterocycles. The first kappa shape index (κ1) is 11.5.